The summed E-state index contributed by atoms with van der Waals surface area (Å²) in [7, 11) is 1.63. The summed E-state index contributed by atoms with van der Waals surface area (Å²) in [6.07, 6.45) is 2.32. The summed E-state index contributed by atoms with van der Waals surface area (Å²) in [5, 5.41) is 6.27. The second kappa shape index (κ2) is 10.5. The van der Waals surface area contributed by atoms with Crippen molar-refractivity contribution < 1.29 is 18.3 Å². The van der Waals surface area contributed by atoms with Crippen LogP contribution in [0.25, 0.3) is 0 Å². The summed E-state index contributed by atoms with van der Waals surface area (Å²) < 4.78 is 25.1. The Hall–Kier alpha value is -2.30. The van der Waals surface area contributed by atoms with Crippen molar-refractivity contribution in [3.05, 3.63) is 53.2 Å². The van der Waals surface area contributed by atoms with E-state index < -0.39 is 5.91 Å². The number of carbonyl (C=O) groups is 1. The van der Waals surface area contributed by atoms with Gasteiger partial charge >= 0.3 is 0 Å². The molecule has 158 valence electrons. The van der Waals surface area contributed by atoms with Crippen LogP contribution in [-0.4, -0.2) is 25.5 Å². The highest BCUT2D eigenvalue weighted by atomic mass is 127. The van der Waals surface area contributed by atoms with Crippen molar-refractivity contribution >= 4 is 35.8 Å². The Bertz CT molecular complexity index is 867. The van der Waals surface area contributed by atoms with Crippen molar-refractivity contribution in [2.45, 2.75) is 32.4 Å². The molecule has 4 N–H and O–H groups in total. The fourth-order valence-electron chi connectivity index (χ4n) is 2.65. The van der Waals surface area contributed by atoms with Crippen LogP contribution in [0.4, 0.5) is 4.39 Å². The minimum atomic E-state index is -0.617. The van der Waals surface area contributed by atoms with Crippen molar-refractivity contribution in [1.29, 1.82) is 0 Å². The molecule has 2 aromatic rings. The molecule has 9 heteroatoms. The Balaban J connectivity index is 0.00000300. The molecule has 1 atom stereocenters. The highest BCUT2D eigenvalue weighted by molar-refractivity contribution is 14.0. The van der Waals surface area contributed by atoms with Gasteiger partial charge in [-0.3, -0.25) is 9.79 Å². The van der Waals surface area contributed by atoms with Crippen LogP contribution in [0.3, 0.4) is 0 Å². The average molecular weight is 516 g/mol. The number of nitrogens with zero attached hydrogens (tertiary/aromatic N) is 1. The van der Waals surface area contributed by atoms with E-state index in [0.717, 1.165) is 18.4 Å². The van der Waals surface area contributed by atoms with Crippen LogP contribution in [0.1, 0.15) is 47.7 Å². The maximum Gasteiger partial charge on any atom is 0.284 e. The number of benzene rings is 1. The third kappa shape index (κ3) is 6.62. The Morgan fingerprint density at radius 3 is 2.72 bits per heavy atom. The molecule has 1 aliphatic rings. The molecule has 1 saturated carbocycles. The lowest BCUT2D eigenvalue weighted by Gasteiger charge is -2.18. The van der Waals surface area contributed by atoms with Crippen LogP contribution in [0, 0.1) is 11.7 Å². The Labute approximate surface area is 186 Å². The van der Waals surface area contributed by atoms with E-state index in [4.69, 9.17) is 14.9 Å². The van der Waals surface area contributed by atoms with Gasteiger partial charge in [0.1, 0.15) is 5.76 Å². The van der Waals surface area contributed by atoms with Crippen LogP contribution in [0.2, 0.25) is 0 Å². The van der Waals surface area contributed by atoms with Crippen molar-refractivity contribution in [1.82, 2.24) is 10.6 Å². The van der Waals surface area contributed by atoms with Crippen LogP contribution in [0.5, 0.6) is 5.75 Å². The number of amides is 1. The molecule has 3 rings (SSSR count). The topological polar surface area (TPSA) is 102 Å². The van der Waals surface area contributed by atoms with Gasteiger partial charge in [-0.1, -0.05) is 6.07 Å². The molecular formula is C20H26FIN4O3. The molecular weight excluding hydrogens is 490 g/mol. The van der Waals surface area contributed by atoms with Gasteiger partial charge in [-0.05, 0) is 55.5 Å². The number of nitrogens with two attached hydrogens (primary N) is 1. The number of primary amides is 1. The van der Waals surface area contributed by atoms with E-state index >= 15 is 0 Å². The summed E-state index contributed by atoms with van der Waals surface area (Å²) in [4.78, 5) is 15.2. The molecule has 1 heterocycles. The lowest BCUT2D eigenvalue weighted by atomic mass is 10.1. The van der Waals surface area contributed by atoms with Crippen molar-refractivity contribution in [2.24, 2.45) is 16.6 Å². The lowest BCUT2D eigenvalue weighted by molar-refractivity contribution is 0.0972. The number of hydrogen-bond donors (Lipinski definition) is 3. The van der Waals surface area contributed by atoms with Gasteiger partial charge in [0, 0.05) is 7.05 Å². The predicted octanol–water partition coefficient (Wildman–Crippen LogP) is 3.35. The number of hydrogen-bond acceptors (Lipinski definition) is 4. The minimum Gasteiger partial charge on any atom is -0.490 e. The molecule has 1 amide bonds. The normalized spacial score (nSPS) is 14.7. The van der Waals surface area contributed by atoms with Gasteiger partial charge in [0.25, 0.3) is 5.91 Å². The maximum atomic E-state index is 14.3. The zero-order valence-electron chi connectivity index (χ0n) is 16.4. The number of furan rings is 1. The molecule has 1 aromatic carbocycles. The number of halogens is 2. The van der Waals surface area contributed by atoms with Gasteiger partial charge < -0.3 is 25.5 Å². The van der Waals surface area contributed by atoms with E-state index in [1.807, 2.05) is 13.0 Å². The van der Waals surface area contributed by atoms with E-state index in [2.05, 4.69) is 15.6 Å². The zero-order chi connectivity index (χ0) is 20.1. The highest BCUT2D eigenvalue weighted by Gasteiger charge is 2.22. The summed E-state index contributed by atoms with van der Waals surface area (Å²) in [5.74, 6) is 1.04. The van der Waals surface area contributed by atoms with Crippen molar-refractivity contribution in [3.8, 4) is 5.75 Å². The number of rotatable bonds is 8. The van der Waals surface area contributed by atoms with E-state index in [-0.39, 0.29) is 47.3 Å². The molecule has 0 saturated heterocycles. The van der Waals surface area contributed by atoms with E-state index in [1.165, 1.54) is 12.1 Å². The van der Waals surface area contributed by atoms with Crippen LogP contribution in [-0.2, 0) is 6.54 Å². The molecule has 0 radical (unpaired) electrons. The van der Waals surface area contributed by atoms with Gasteiger partial charge in [-0.2, -0.15) is 0 Å². The first kappa shape index (κ1) is 23.0. The van der Waals surface area contributed by atoms with E-state index in [1.54, 1.807) is 19.2 Å². The SMILES string of the molecule is CN=C(NCc1ccc(C(N)=O)o1)NC(C)c1ccc(OCC2CC2)c(F)c1.I. The molecule has 29 heavy (non-hydrogen) atoms. The fourth-order valence-corrected chi connectivity index (χ4v) is 2.65. The molecule has 1 aromatic heterocycles. The first-order chi connectivity index (χ1) is 13.5. The molecule has 7 nitrogen and oxygen atoms in total. The second-order valence-corrected chi connectivity index (χ2v) is 6.87. The Morgan fingerprint density at radius 2 is 2.14 bits per heavy atom. The standard InChI is InChI=1S/C20H25FN4O3.HI/c1-12(14-5-7-17(16(21)9-14)27-11-13-3-4-13)25-20(23-2)24-10-15-6-8-18(28-15)19(22)26;/h5-9,12-13H,3-4,10-11H2,1-2H3,(H2,22,26)(H2,23,24,25);1H. The van der Waals surface area contributed by atoms with E-state index in [0.29, 0.717) is 30.8 Å². The summed E-state index contributed by atoms with van der Waals surface area (Å²) >= 11 is 0. The lowest BCUT2D eigenvalue weighted by Crippen LogP contribution is -2.38. The number of nitrogens with one attached hydrogen (secondary N) is 2. The largest absolute Gasteiger partial charge is 0.490 e. The molecule has 1 aliphatic carbocycles. The molecule has 0 bridgehead atoms. The fraction of sp³-hybridized carbons (Fsp3) is 0.400. The smallest absolute Gasteiger partial charge is 0.284 e. The van der Waals surface area contributed by atoms with E-state index in [9.17, 15) is 9.18 Å². The average Bonchev–Trinajstić information content (AvgIpc) is 3.38. The Morgan fingerprint density at radius 1 is 1.38 bits per heavy atom. The maximum absolute atomic E-state index is 14.3. The van der Waals surface area contributed by atoms with Gasteiger partial charge in [0.15, 0.2) is 23.3 Å². The van der Waals surface area contributed by atoms with Crippen LogP contribution in [0.15, 0.2) is 39.7 Å². The first-order valence-corrected chi connectivity index (χ1v) is 9.24. The van der Waals surface area contributed by atoms with Gasteiger partial charge in [-0.25, -0.2) is 4.39 Å². The summed E-state index contributed by atoms with van der Waals surface area (Å²) in [5.41, 5.74) is 5.94. The molecule has 0 aliphatic heterocycles. The minimum absolute atomic E-state index is 0. The summed E-state index contributed by atoms with van der Waals surface area (Å²) in [6, 6.07) is 7.97. The van der Waals surface area contributed by atoms with Crippen LogP contribution < -0.4 is 21.1 Å². The monoisotopic (exact) mass is 516 g/mol. The van der Waals surface area contributed by atoms with Crippen LogP contribution >= 0.6 is 24.0 Å². The number of aliphatic imine (C=N–C) groups is 1. The van der Waals surface area contributed by atoms with Crippen molar-refractivity contribution in [3.63, 3.8) is 0 Å². The quantitative estimate of drug-likeness (QED) is 0.284. The predicted molar refractivity (Wildman–Crippen MR) is 119 cm³/mol. The summed E-state index contributed by atoms with van der Waals surface area (Å²) in [6.45, 7) is 2.80. The highest BCUT2D eigenvalue weighted by Crippen LogP contribution is 2.30. The Kier molecular flexibility index (Phi) is 8.30. The van der Waals surface area contributed by atoms with Gasteiger partial charge in [-0.15, -0.1) is 24.0 Å². The van der Waals surface area contributed by atoms with Gasteiger partial charge in [0.2, 0.25) is 0 Å². The number of carbonyl (C=O) groups excluding carboxylic acids is 1. The van der Waals surface area contributed by atoms with Crippen molar-refractivity contribution in [2.75, 3.05) is 13.7 Å². The number of ether oxygens (including phenoxy) is 1. The molecule has 1 unspecified atom stereocenters. The van der Waals surface area contributed by atoms with Gasteiger partial charge in [0.05, 0.1) is 19.2 Å². The number of guanidine groups is 1. The first-order valence-electron chi connectivity index (χ1n) is 9.24. The molecule has 1 fully saturated rings. The third-order valence-corrected chi connectivity index (χ3v) is 4.54. The zero-order valence-corrected chi connectivity index (χ0v) is 18.7. The third-order valence-electron chi connectivity index (χ3n) is 4.54. The second-order valence-electron chi connectivity index (χ2n) is 6.87. The molecule has 0 spiro atoms.